The molecule has 1 aromatic heterocycles. The lowest BCUT2D eigenvalue weighted by Gasteiger charge is -2.28. The van der Waals surface area contributed by atoms with Crippen LogP contribution in [-0.2, 0) is 32.0 Å². The molecule has 2 aliphatic rings. The van der Waals surface area contributed by atoms with E-state index in [-0.39, 0.29) is 19.1 Å². The number of hydrogen-bond acceptors (Lipinski definition) is 7. The summed E-state index contributed by atoms with van der Waals surface area (Å²) in [7, 11) is 0. The van der Waals surface area contributed by atoms with E-state index in [0.29, 0.717) is 22.0 Å². The van der Waals surface area contributed by atoms with Crippen molar-refractivity contribution in [3.63, 3.8) is 0 Å². The number of hydrogen-bond donors (Lipinski definition) is 1. The van der Waals surface area contributed by atoms with Crippen LogP contribution in [0.2, 0.25) is 0 Å². The fraction of sp³-hybridized carbons (Fsp3) is 0.364. The molecular weight excluding hydrogens is 418 g/mol. The highest BCUT2D eigenvalue weighted by molar-refractivity contribution is 7.16. The van der Waals surface area contributed by atoms with Crippen LogP contribution >= 0.6 is 11.3 Å². The van der Waals surface area contributed by atoms with Crippen molar-refractivity contribution in [3.05, 3.63) is 40.3 Å². The molecule has 0 radical (unpaired) electrons. The molecule has 0 spiro atoms. The maximum atomic E-state index is 12.3. The quantitative estimate of drug-likeness (QED) is 0.567. The number of amides is 2. The zero-order valence-corrected chi connectivity index (χ0v) is 17.6. The first-order valence-corrected chi connectivity index (χ1v) is 10.9. The monoisotopic (exact) mass is 439 g/mol. The van der Waals surface area contributed by atoms with Crippen LogP contribution in [0.25, 0.3) is 0 Å². The summed E-state index contributed by atoms with van der Waals surface area (Å²) in [6.45, 7) is -0.972. The number of nitrogens with zero attached hydrogens (tertiary/aromatic N) is 2. The second-order valence-corrected chi connectivity index (χ2v) is 8.43. The number of nitrogens with one attached hydrogen (secondary N) is 1. The number of anilines is 2. The third kappa shape index (κ3) is 4.54. The third-order valence-corrected chi connectivity index (χ3v) is 6.45. The predicted octanol–water partition coefficient (Wildman–Crippen LogP) is 2.80. The number of fused-ring (bicyclic) bond motifs is 2. The Morgan fingerprint density at radius 3 is 2.87 bits per heavy atom. The third-order valence-electron chi connectivity index (χ3n) is 5.25. The van der Waals surface area contributed by atoms with Crippen molar-refractivity contribution in [2.75, 3.05) is 30.0 Å². The summed E-state index contributed by atoms with van der Waals surface area (Å²) in [5.74, 6) is -1.08. The van der Waals surface area contributed by atoms with Gasteiger partial charge in [-0.3, -0.25) is 19.3 Å². The van der Waals surface area contributed by atoms with E-state index in [4.69, 9.17) is 9.47 Å². The van der Waals surface area contributed by atoms with E-state index in [1.807, 2.05) is 0 Å². The Bertz CT molecular complexity index is 1070. The molecule has 2 amide bonds. The highest BCUT2D eigenvalue weighted by Crippen LogP contribution is 2.37. The molecule has 31 heavy (non-hydrogen) atoms. The lowest BCUT2D eigenvalue weighted by Crippen LogP contribution is -2.42. The van der Waals surface area contributed by atoms with E-state index in [1.165, 1.54) is 16.2 Å². The number of benzene rings is 1. The Kier molecular flexibility index (Phi) is 6.18. The van der Waals surface area contributed by atoms with Crippen LogP contribution < -0.4 is 15.0 Å². The number of aryl methyl sites for hydroxylation is 1. The molecule has 0 saturated heterocycles. The number of carbonyl (C=O) groups excluding carboxylic acids is 3. The maximum absolute atomic E-state index is 12.3. The van der Waals surface area contributed by atoms with E-state index >= 15 is 0 Å². The Morgan fingerprint density at radius 1 is 1.23 bits per heavy atom. The van der Waals surface area contributed by atoms with Crippen molar-refractivity contribution >= 4 is 39.8 Å². The van der Waals surface area contributed by atoms with Gasteiger partial charge in [0.2, 0.25) is 0 Å². The van der Waals surface area contributed by atoms with Gasteiger partial charge in [0.1, 0.15) is 23.4 Å². The second kappa shape index (κ2) is 9.18. The minimum atomic E-state index is -0.706. The smallest absolute Gasteiger partial charge is 0.326 e. The fourth-order valence-electron chi connectivity index (χ4n) is 3.76. The summed E-state index contributed by atoms with van der Waals surface area (Å²) < 4.78 is 10.4. The standard InChI is InChI=1S/C22H21N3O5S/c23-10-15-14-6-2-1-3-9-18(14)31-22(15)24-19(26)12-30-21(28)11-25-16-7-4-5-8-17(16)29-13-20(25)27/h4-5,7-8H,1-3,6,9,11-13H2,(H,24,26). The highest BCUT2D eigenvalue weighted by Gasteiger charge is 2.28. The van der Waals surface area contributed by atoms with Gasteiger partial charge in [-0.05, 0) is 43.4 Å². The van der Waals surface area contributed by atoms with Crippen LogP contribution in [-0.4, -0.2) is 37.5 Å². The van der Waals surface area contributed by atoms with E-state index in [2.05, 4.69) is 11.4 Å². The number of esters is 1. The Balaban J connectivity index is 1.35. The molecule has 1 aliphatic heterocycles. The van der Waals surface area contributed by atoms with Gasteiger partial charge in [-0.25, -0.2) is 0 Å². The topological polar surface area (TPSA) is 109 Å². The molecule has 0 fully saturated rings. The molecule has 1 aliphatic carbocycles. The first-order valence-electron chi connectivity index (χ1n) is 10.1. The minimum Gasteiger partial charge on any atom is -0.482 e. The van der Waals surface area contributed by atoms with Gasteiger partial charge < -0.3 is 14.8 Å². The van der Waals surface area contributed by atoms with Crippen molar-refractivity contribution in [2.45, 2.75) is 32.1 Å². The van der Waals surface area contributed by atoms with Gasteiger partial charge in [0.15, 0.2) is 13.2 Å². The molecule has 2 heterocycles. The molecule has 9 heteroatoms. The summed E-state index contributed by atoms with van der Waals surface area (Å²) in [6.07, 6.45) is 5.00. The van der Waals surface area contributed by atoms with Crippen molar-refractivity contribution in [1.29, 1.82) is 5.26 Å². The highest BCUT2D eigenvalue weighted by atomic mass is 32.1. The maximum Gasteiger partial charge on any atom is 0.326 e. The predicted molar refractivity (Wildman–Crippen MR) is 114 cm³/mol. The number of carbonyl (C=O) groups is 3. The first-order chi connectivity index (χ1) is 15.1. The number of para-hydroxylation sites is 2. The normalized spacial score (nSPS) is 15.1. The summed E-state index contributed by atoms with van der Waals surface area (Å²) >= 11 is 1.42. The van der Waals surface area contributed by atoms with Gasteiger partial charge >= 0.3 is 5.97 Å². The van der Waals surface area contributed by atoms with Crippen LogP contribution in [0, 0.1) is 11.3 Å². The van der Waals surface area contributed by atoms with E-state index in [9.17, 15) is 19.6 Å². The van der Waals surface area contributed by atoms with E-state index in [1.54, 1.807) is 24.3 Å². The molecule has 0 unspecified atom stereocenters. The zero-order valence-electron chi connectivity index (χ0n) is 16.8. The SMILES string of the molecule is N#Cc1c(NC(=O)COC(=O)CN2C(=O)COc3ccccc32)sc2c1CCCCC2. The minimum absolute atomic E-state index is 0.162. The number of ether oxygens (including phenoxy) is 2. The largest absolute Gasteiger partial charge is 0.482 e. The molecule has 0 bridgehead atoms. The Hall–Kier alpha value is -3.38. The van der Waals surface area contributed by atoms with Crippen molar-refractivity contribution in [3.8, 4) is 11.8 Å². The summed E-state index contributed by atoms with van der Waals surface area (Å²) in [6, 6.07) is 9.10. The van der Waals surface area contributed by atoms with Crippen LogP contribution in [0.3, 0.4) is 0 Å². The molecule has 160 valence electrons. The molecule has 4 rings (SSSR count). The molecule has 8 nitrogen and oxygen atoms in total. The van der Waals surface area contributed by atoms with Gasteiger partial charge in [0.25, 0.3) is 11.8 Å². The lowest BCUT2D eigenvalue weighted by molar-refractivity contribution is -0.146. The summed E-state index contributed by atoms with van der Waals surface area (Å²) in [5.41, 5.74) is 2.03. The summed E-state index contributed by atoms with van der Waals surface area (Å²) in [5, 5.41) is 12.8. The van der Waals surface area contributed by atoms with Crippen LogP contribution in [0.1, 0.15) is 35.3 Å². The molecule has 1 aromatic carbocycles. The van der Waals surface area contributed by atoms with Crippen LogP contribution in [0.15, 0.2) is 24.3 Å². The van der Waals surface area contributed by atoms with Gasteiger partial charge in [-0.1, -0.05) is 18.6 Å². The number of thiophene rings is 1. The van der Waals surface area contributed by atoms with E-state index < -0.39 is 18.5 Å². The van der Waals surface area contributed by atoms with Crippen LogP contribution in [0.4, 0.5) is 10.7 Å². The average molecular weight is 439 g/mol. The fourth-order valence-corrected chi connectivity index (χ4v) is 5.02. The summed E-state index contributed by atoms with van der Waals surface area (Å²) in [4.78, 5) is 39.2. The number of nitriles is 1. The lowest BCUT2D eigenvalue weighted by atomic mass is 10.1. The molecule has 0 atom stereocenters. The van der Waals surface area contributed by atoms with Crippen molar-refractivity contribution in [2.24, 2.45) is 0 Å². The first kappa shape index (κ1) is 20.9. The Labute approximate surface area is 183 Å². The van der Waals surface area contributed by atoms with E-state index in [0.717, 1.165) is 42.5 Å². The second-order valence-electron chi connectivity index (χ2n) is 7.33. The van der Waals surface area contributed by atoms with Gasteiger partial charge in [-0.2, -0.15) is 5.26 Å². The molecule has 0 saturated carbocycles. The average Bonchev–Trinajstić information content (AvgIpc) is 2.92. The van der Waals surface area contributed by atoms with Gasteiger partial charge in [0, 0.05) is 4.88 Å². The van der Waals surface area contributed by atoms with Crippen molar-refractivity contribution < 1.29 is 23.9 Å². The molecular formula is C22H21N3O5S. The molecule has 2 aromatic rings. The van der Waals surface area contributed by atoms with Crippen molar-refractivity contribution in [1.82, 2.24) is 0 Å². The van der Waals surface area contributed by atoms with Gasteiger partial charge in [0.05, 0.1) is 11.3 Å². The van der Waals surface area contributed by atoms with Crippen LogP contribution in [0.5, 0.6) is 5.75 Å². The van der Waals surface area contributed by atoms with Gasteiger partial charge in [-0.15, -0.1) is 11.3 Å². The number of rotatable bonds is 5. The Morgan fingerprint density at radius 2 is 2.03 bits per heavy atom. The zero-order chi connectivity index (χ0) is 21.8. The molecule has 1 N–H and O–H groups in total.